The van der Waals surface area contributed by atoms with Gasteiger partial charge >= 0.3 is 0 Å². The second-order valence-corrected chi connectivity index (χ2v) is 5.22. The fourth-order valence-corrected chi connectivity index (χ4v) is 2.60. The Kier molecular flexibility index (Phi) is 2.45. The molecule has 1 nitrogen and oxygen atoms in total. The molecule has 80 valence electrons. The molecule has 2 heteroatoms. The largest absolute Gasteiger partial charge is 0.310 e. The molecule has 0 aliphatic heterocycles. The average molecular weight is 222 g/mol. The van der Waals surface area contributed by atoms with E-state index in [1.54, 1.807) is 0 Å². The average Bonchev–Trinajstić information content (AvgIpc) is 2.97. The molecule has 0 saturated heterocycles. The number of hydrogen-bond acceptors (Lipinski definition) is 1. The molecule has 1 aromatic carbocycles. The molecule has 1 unspecified atom stereocenters. The molecular formula is C13H16ClN. The Morgan fingerprint density at radius 1 is 1.27 bits per heavy atom. The highest BCUT2D eigenvalue weighted by atomic mass is 35.5. The minimum atomic E-state index is 0.555. The number of halogens is 1. The smallest absolute Gasteiger partial charge is 0.0409 e. The van der Waals surface area contributed by atoms with Crippen molar-refractivity contribution in [3.8, 4) is 0 Å². The van der Waals surface area contributed by atoms with Crippen LogP contribution >= 0.6 is 11.6 Å². The summed E-state index contributed by atoms with van der Waals surface area (Å²) < 4.78 is 0. The van der Waals surface area contributed by atoms with Gasteiger partial charge in [-0.15, -0.1) is 0 Å². The minimum Gasteiger partial charge on any atom is -0.310 e. The topological polar surface area (TPSA) is 12.0 Å². The van der Waals surface area contributed by atoms with Crippen molar-refractivity contribution in [1.82, 2.24) is 5.32 Å². The van der Waals surface area contributed by atoms with Crippen LogP contribution in [-0.2, 0) is 6.42 Å². The Morgan fingerprint density at radius 2 is 2.13 bits per heavy atom. The van der Waals surface area contributed by atoms with E-state index in [0.717, 1.165) is 10.9 Å². The Balaban J connectivity index is 1.74. The molecule has 15 heavy (non-hydrogen) atoms. The summed E-state index contributed by atoms with van der Waals surface area (Å²) >= 11 is 6.04. The Labute approximate surface area is 95.8 Å². The molecule has 0 spiro atoms. The van der Waals surface area contributed by atoms with Crippen molar-refractivity contribution in [2.45, 2.75) is 31.7 Å². The van der Waals surface area contributed by atoms with Gasteiger partial charge in [0.2, 0.25) is 0 Å². The molecule has 2 aliphatic rings. The van der Waals surface area contributed by atoms with Gasteiger partial charge in [-0.3, -0.25) is 0 Å². The van der Waals surface area contributed by atoms with Gasteiger partial charge in [-0.1, -0.05) is 17.7 Å². The van der Waals surface area contributed by atoms with Crippen LogP contribution in [0.25, 0.3) is 0 Å². The second-order valence-electron chi connectivity index (χ2n) is 4.79. The van der Waals surface area contributed by atoms with Crippen molar-refractivity contribution in [3.05, 3.63) is 34.3 Å². The monoisotopic (exact) mass is 221 g/mol. The van der Waals surface area contributed by atoms with Crippen molar-refractivity contribution in [2.75, 3.05) is 6.54 Å². The number of nitrogens with one attached hydrogen (secondary N) is 1. The molecule has 0 radical (unpaired) electrons. The molecule has 3 rings (SSSR count). The van der Waals surface area contributed by atoms with Gasteiger partial charge in [0.1, 0.15) is 0 Å². The highest BCUT2D eigenvalue weighted by molar-refractivity contribution is 6.30. The van der Waals surface area contributed by atoms with Crippen molar-refractivity contribution in [2.24, 2.45) is 5.92 Å². The molecule has 0 aromatic heterocycles. The van der Waals surface area contributed by atoms with E-state index in [4.69, 9.17) is 11.6 Å². The van der Waals surface area contributed by atoms with Crippen LogP contribution in [0.2, 0.25) is 5.02 Å². The standard InChI is InChI=1S/C13H16ClN/c14-11-5-3-10-4-6-13(12(10)7-11)15-8-9-1-2-9/h3,5,7,9,13,15H,1-2,4,6,8H2. The minimum absolute atomic E-state index is 0.555. The van der Waals surface area contributed by atoms with Crippen LogP contribution in [0, 0.1) is 5.92 Å². The van der Waals surface area contributed by atoms with Crippen LogP contribution < -0.4 is 5.32 Å². The molecule has 0 amide bonds. The quantitative estimate of drug-likeness (QED) is 0.826. The predicted octanol–water partition coefficient (Wildman–Crippen LogP) is 3.33. The van der Waals surface area contributed by atoms with E-state index in [0.29, 0.717) is 6.04 Å². The van der Waals surface area contributed by atoms with Gasteiger partial charge in [0.05, 0.1) is 0 Å². The predicted molar refractivity (Wildman–Crippen MR) is 63.2 cm³/mol. The zero-order chi connectivity index (χ0) is 10.3. The Bertz CT molecular complexity index is 371. The molecular weight excluding hydrogens is 206 g/mol. The van der Waals surface area contributed by atoms with E-state index < -0.39 is 0 Å². The van der Waals surface area contributed by atoms with E-state index in [1.165, 1.54) is 43.4 Å². The Morgan fingerprint density at radius 3 is 2.93 bits per heavy atom. The first-order valence-corrected chi connectivity index (χ1v) is 6.22. The van der Waals surface area contributed by atoms with Gasteiger partial charge in [-0.05, 0) is 61.4 Å². The number of hydrogen-bond donors (Lipinski definition) is 1. The first kappa shape index (κ1) is 9.68. The summed E-state index contributed by atoms with van der Waals surface area (Å²) in [4.78, 5) is 0. The second kappa shape index (κ2) is 3.80. The number of rotatable bonds is 3. The SMILES string of the molecule is Clc1ccc2c(c1)C(NCC1CC1)CC2. The summed E-state index contributed by atoms with van der Waals surface area (Å²) in [5.74, 6) is 0.952. The third-order valence-electron chi connectivity index (χ3n) is 3.54. The normalized spacial score (nSPS) is 24.2. The lowest BCUT2D eigenvalue weighted by molar-refractivity contribution is 0.512. The van der Waals surface area contributed by atoms with Crippen LogP contribution in [-0.4, -0.2) is 6.54 Å². The Hall–Kier alpha value is -0.530. The maximum atomic E-state index is 6.04. The van der Waals surface area contributed by atoms with E-state index in [2.05, 4.69) is 17.4 Å². The van der Waals surface area contributed by atoms with Gasteiger partial charge in [-0.2, -0.15) is 0 Å². The molecule has 1 aromatic rings. The van der Waals surface area contributed by atoms with Crippen molar-refractivity contribution in [3.63, 3.8) is 0 Å². The van der Waals surface area contributed by atoms with Crippen LogP contribution in [0.5, 0.6) is 0 Å². The summed E-state index contributed by atoms with van der Waals surface area (Å²) in [5.41, 5.74) is 2.91. The summed E-state index contributed by atoms with van der Waals surface area (Å²) in [6.07, 6.45) is 5.28. The third-order valence-corrected chi connectivity index (χ3v) is 3.77. The van der Waals surface area contributed by atoms with Crippen molar-refractivity contribution in [1.29, 1.82) is 0 Å². The van der Waals surface area contributed by atoms with Crippen LogP contribution in [0.1, 0.15) is 36.4 Å². The summed E-state index contributed by atoms with van der Waals surface area (Å²) in [6.45, 7) is 1.19. The third kappa shape index (κ3) is 2.04. The van der Waals surface area contributed by atoms with Crippen LogP contribution in [0.15, 0.2) is 18.2 Å². The number of aryl methyl sites for hydroxylation is 1. The zero-order valence-electron chi connectivity index (χ0n) is 8.80. The first-order valence-electron chi connectivity index (χ1n) is 5.84. The van der Waals surface area contributed by atoms with Crippen molar-refractivity contribution < 1.29 is 0 Å². The van der Waals surface area contributed by atoms with E-state index in [9.17, 15) is 0 Å². The lowest BCUT2D eigenvalue weighted by atomic mass is 10.1. The van der Waals surface area contributed by atoms with Crippen molar-refractivity contribution >= 4 is 11.6 Å². The molecule has 1 fully saturated rings. The van der Waals surface area contributed by atoms with E-state index in [1.807, 2.05) is 6.07 Å². The molecule has 1 saturated carbocycles. The number of fused-ring (bicyclic) bond motifs is 1. The summed E-state index contributed by atoms with van der Waals surface area (Å²) in [7, 11) is 0. The summed E-state index contributed by atoms with van der Waals surface area (Å²) in [5, 5.41) is 4.54. The molecule has 0 heterocycles. The summed E-state index contributed by atoms with van der Waals surface area (Å²) in [6, 6.07) is 6.87. The molecule has 0 bridgehead atoms. The highest BCUT2D eigenvalue weighted by Gasteiger charge is 2.26. The fourth-order valence-electron chi connectivity index (χ4n) is 2.42. The van der Waals surface area contributed by atoms with Gasteiger partial charge < -0.3 is 5.32 Å². The van der Waals surface area contributed by atoms with Crippen LogP contribution in [0.4, 0.5) is 0 Å². The van der Waals surface area contributed by atoms with E-state index in [-0.39, 0.29) is 0 Å². The lowest BCUT2D eigenvalue weighted by Gasteiger charge is -2.13. The van der Waals surface area contributed by atoms with Crippen LogP contribution in [0.3, 0.4) is 0 Å². The van der Waals surface area contributed by atoms with Gasteiger partial charge in [0, 0.05) is 11.1 Å². The zero-order valence-corrected chi connectivity index (χ0v) is 9.56. The molecule has 2 aliphatic carbocycles. The molecule has 1 N–H and O–H groups in total. The maximum absolute atomic E-state index is 6.04. The van der Waals surface area contributed by atoms with E-state index >= 15 is 0 Å². The van der Waals surface area contributed by atoms with Gasteiger partial charge in [0.15, 0.2) is 0 Å². The molecule has 1 atom stereocenters. The highest BCUT2D eigenvalue weighted by Crippen LogP contribution is 2.34. The fraction of sp³-hybridized carbons (Fsp3) is 0.538. The lowest BCUT2D eigenvalue weighted by Crippen LogP contribution is -2.21. The number of benzene rings is 1. The first-order chi connectivity index (χ1) is 7.33. The van der Waals surface area contributed by atoms with Gasteiger partial charge in [-0.25, -0.2) is 0 Å². The maximum Gasteiger partial charge on any atom is 0.0409 e. The van der Waals surface area contributed by atoms with Gasteiger partial charge in [0.25, 0.3) is 0 Å².